The van der Waals surface area contributed by atoms with E-state index in [-0.39, 0.29) is 11.9 Å². The lowest BCUT2D eigenvalue weighted by atomic mass is 10.1. The topological polar surface area (TPSA) is 50.2 Å². The largest absolute Gasteiger partial charge is 0.353 e. The number of amides is 1. The maximum absolute atomic E-state index is 12.8. The van der Waals surface area contributed by atoms with Gasteiger partial charge in [0.05, 0.1) is 0 Å². The molecule has 3 rings (SSSR count). The molecule has 0 bridgehead atoms. The van der Waals surface area contributed by atoms with Gasteiger partial charge in [0.25, 0.3) is 0 Å². The highest BCUT2D eigenvalue weighted by molar-refractivity contribution is 5.86. The first-order valence-corrected chi connectivity index (χ1v) is 7.34. The van der Waals surface area contributed by atoms with Crippen LogP contribution in [0.15, 0.2) is 42.6 Å². The number of aromatic nitrogens is 2. The Balaban J connectivity index is 1.85. The molecule has 1 amide bonds. The number of benzene rings is 1. The van der Waals surface area contributed by atoms with Crippen LogP contribution in [0.3, 0.4) is 0 Å². The van der Waals surface area contributed by atoms with Crippen molar-refractivity contribution in [1.29, 1.82) is 0 Å². The molecule has 2 heterocycles. The lowest BCUT2D eigenvalue weighted by molar-refractivity contribution is -0.131. The third-order valence-corrected chi connectivity index (χ3v) is 3.80. The molecule has 0 aliphatic carbocycles. The fourth-order valence-electron chi connectivity index (χ4n) is 2.69. The van der Waals surface area contributed by atoms with Crippen molar-refractivity contribution in [2.75, 3.05) is 18.4 Å². The molecule has 1 N–H and O–H groups in total. The van der Waals surface area contributed by atoms with Gasteiger partial charge in [0, 0.05) is 32.4 Å². The standard InChI is InChI=1S/C16H20N4O/c1-19-12-9-14(18-19)17-15(13-7-3-2-4-8-13)16(21)20-10-5-6-11-20/h2-4,7-9,12,15H,5-6,10-11H2,1H3,(H,17,18)/t15-/m1/s1. The molecule has 1 saturated heterocycles. The summed E-state index contributed by atoms with van der Waals surface area (Å²) in [5.74, 6) is 0.850. The van der Waals surface area contributed by atoms with E-state index >= 15 is 0 Å². The predicted octanol–water partition coefficient (Wildman–Crippen LogP) is 2.20. The number of carbonyl (C=O) groups excluding carboxylic acids is 1. The smallest absolute Gasteiger partial charge is 0.249 e. The van der Waals surface area contributed by atoms with Crippen molar-refractivity contribution < 1.29 is 4.79 Å². The van der Waals surface area contributed by atoms with Crippen molar-refractivity contribution in [3.05, 3.63) is 48.2 Å². The van der Waals surface area contributed by atoms with Crippen LogP contribution in [-0.4, -0.2) is 33.7 Å². The van der Waals surface area contributed by atoms with Crippen LogP contribution in [0.2, 0.25) is 0 Å². The van der Waals surface area contributed by atoms with E-state index in [0.717, 1.165) is 37.3 Å². The normalized spacial score (nSPS) is 16.0. The molecule has 1 aliphatic rings. The molecule has 0 unspecified atom stereocenters. The Morgan fingerprint density at radius 3 is 2.52 bits per heavy atom. The minimum absolute atomic E-state index is 0.129. The van der Waals surface area contributed by atoms with Gasteiger partial charge in [0.1, 0.15) is 11.9 Å². The molecule has 0 saturated carbocycles. The summed E-state index contributed by atoms with van der Waals surface area (Å²) < 4.78 is 1.73. The summed E-state index contributed by atoms with van der Waals surface area (Å²) in [5.41, 5.74) is 0.972. The third kappa shape index (κ3) is 3.07. The quantitative estimate of drug-likeness (QED) is 0.936. The number of likely N-dealkylation sites (tertiary alicyclic amines) is 1. The fourth-order valence-corrected chi connectivity index (χ4v) is 2.69. The number of nitrogens with zero attached hydrogens (tertiary/aromatic N) is 3. The molecule has 1 fully saturated rings. The number of aryl methyl sites for hydroxylation is 1. The van der Waals surface area contributed by atoms with E-state index in [4.69, 9.17) is 0 Å². The molecule has 1 aliphatic heterocycles. The number of nitrogens with one attached hydrogen (secondary N) is 1. The zero-order valence-electron chi connectivity index (χ0n) is 12.2. The Bertz CT molecular complexity index is 602. The molecule has 5 nitrogen and oxygen atoms in total. The Morgan fingerprint density at radius 1 is 1.19 bits per heavy atom. The molecule has 2 aromatic rings. The second kappa shape index (κ2) is 5.99. The van der Waals surface area contributed by atoms with Gasteiger partial charge in [-0.2, -0.15) is 5.10 Å². The first kappa shape index (κ1) is 13.7. The first-order valence-electron chi connectivity index (χ1n) is 7.34. The van der Waals surface area contributed by atoms with Crippen LogP contribution in [0.5, 0.6) is 0 Å². The van der Waals surface area contributed by atoms with Gasteiger partial charge >= 0.3 is 0 Å². The first-order chi connectivity index (χ1) is 10.2. The zero-order chi connectivity index (χ0) is 14.7. The average Bonchev–Trinajstić information content (AvgIpc) is 3.16. The Hall–Kier alpha value is -2.30. The summed E-state index contributed by atoms with van der Waals surface area (Å²) in [7, 11) is 1.87. The number of rotatable bonds is 4. The van der Waals surface area contributed by atoms with Crippen molar-refractivity contribution in [3.8, 4) is 0 Å². The van der Waals surface area contributed by atoms with Crippen LogP contribution >= 0.6 is 0 Å². The van der Waals surface area contributed by atoms with E-state index in [1.54, 1.807) is 4.68 Å². The molecule has 1 aromatic heterocycles. The third-order valence-electron chi connectivity index (χ3n) is 3.80. The van der Waals surface area contributed by atoms with Crippen molar-refractivity contribution >= 4 is 11.7 Å². The highest BCUT2D eigenvalue weighted by atomic mass is 16.2. The molecule has 0 spiro atoms. The Kier molecular flexibility index (Phi) is 3.90. The average molecular weight is 284 g/mol. The molecule has 1 aromatic carbocycles. The van der Waals surface area contributed by atoms with Gasteiger partial charge in [-0.25, -0.2) is 0 Å². The molecule has 0 radical (unpaired) electrons. The summed E-state index contributed by atoms with van der Waals surface area (Å²) >= 11 is 0. The van der Waals surface area contributed by atoms with E-state index in [9.17, 15) is 4.79 Å². The minimum atomic E-state index is -0.376. The van der Waals surface area contributed by atoms with Crippen molar-refractivity contribution in [2.45, 2.75) is 18.9 Å². The second-order valence-corrected chi connectivity index (χ2v) is 5.40. The van der Waals surface area contributed by atoms with Gasteiger partial charge in [-0.15, -0.1) is 0 Å². The SMILES string of the molecule is Cn1ccc(N[C@@H](C(=O)N2CCCC2)c2ccccc2)n1. The number of anilines is 1. The van der Waals surface area contributed by atoms with E-state index < -0.39 is 0 Å². The van der Waals surface area contributed by atoms with Crippen LogP contribution in [0.25, 0.3) is 0 Å². The highest BCUT2D eigenvalue weighted by Crippen LogP contribution is 2.23. The summed E-state index contributed by atoms with van der Waals surface area (Å²) in [5, 5.41) is 7.59. The molecule has 5 heteroatoms. The van der Waals surface area contributed by atoms with Crippen molar-refractivity contribution in [2.24, 2.45) is 7.05 Å². The van der Waals surface area contributed by atoms with Crippen LogP contribution < -0.4 is 5.32 Å². The summed E-state index contributed by atoms with van der Waals surface area (Å²) in [6.45, 7) is 1.71. The fraction of sp³-hybridized carbons (Fsp3) is 0.375. The van der Waals surface area contributed by atoms with Crippen LogP contribution in [0.1, 0.15) is 24.4 Å². The van der Waals surface area contributed by atoms with Gasteiger partial charge in [0.2, 0.25) is 5.91 Å². The van der Waals surface area contributed by atoms with Gasteiger partial charge < -0.3 is 10.2 Å². The molecule has 21 heavy (non-hydrogen) atoms. The van der Waals surface area contributed by atoms with Crippen molar-refractivity contribution in [1.82, 2.24) is 14.7 Å². The van der Waals surface area contributed by atoms with E-state index in [1.807, 2.05) is 54.5 Å². The molecular weight excluding hydrogens is 264 g/mol. The lowest BCUT2D eigenvalue weighted by Crippen LogP contribution is -2.36. The van der Waals surface area contributed by atoms with Gasteiger partial charge in [-0.3, -0.25) is 9.48 Å². The highest BCUT2D eigenvalue weighted by Gasteiger charge is 2.28. The molecular formula is C16H20N4O. The predicted molar refractivity (Wildman–Crippen MR) is 81.8 cm³/mol. The van der Waals surface area contributed by atoms with E-state index in [1.165, 1.54) is 0 Å². The maximum atomic E-state index is 12.8. The lowest BCUT2D eigenvalue weighted by Gasteiger charge is -2.24. The van der Waals surface area contributed by atoms with Gasteiger partial charge in [-0.05, 0) is 18.4 Å². The monoisotopic (exact) mass is 284 g/mol. The van der Waals surface area contributed by atoms with Crippen LogP contribution in [0, 0.1) is 0 Å². The Morgan fingerprint density at radius 2 is 1.90 bits per heavy atom. The number of carbonyl (C=O) groups is 1. The Labute approximate surface area is 124 Å². The van der Waals surface area contributed by atoms with Crippen molar-refractivity contribution in [3.63, 3.8) is 0 Å². The van der Waals surface area contributed by atoms with E-state index in [0.29, 0.717) is 0 Å². The van der Waals surface area contributed by atoms with Gasteiger partial charge in [-0.1, -0.05) is 30.3 Å². The maximum Gasteiger partial charge on any atom is 0.249 e. The second-order valence-electron chi connectivity index (χ2n) is 5.40. The molecule has 1 atom stereocenters. The zero-order valence-corrected chi connectivity index (χ0v) is 12.2. The van der Waals surface area contributed by atoms with Crippen LogP contribution in [-0.2, 0) is 11.8 Å². The number of hydrogen-bond donors (Lipinski definition) is 1. The summed E-state index contributed by atoms with van der Waals surface area (Å²) in [4.78, 5) is 14.7. The van der Waals surface area contributed by atoms with Crippen LogP contribution in [0.4, 0.5) is 5.82 Å². The van der Waals surface area contributed by atoms with Gasteiger partial charge in [0.15, 0.2) is 0 Å². The number of hydrogen-bond acceptors (Lipinski definition) is 3. The van der Waals surface area contributed by atoms with E-state index in [2.05, 4.69) is 10.4 Å². The summed E-state index contributed by atoms with van der Waals surface area (Å²) in [6.07, 6.45) is 4.05. The minimum Gasteiger partial charge on any atom is -0.353 e. The summed E-state index contributed by atoms with van der Waals surface area (Å²) in [6, 6.07) is 11.3. The molecule has 110 valence electrons.